The van der Waals surface area contributed by atoms with E-state index in [1.54, 1.807) is 6.07 Å². The van der Waals surface area contributed by atoms with Gasteiger partial charge in [-0.2, -0.15) is 0 Å². The average molecular weight is 247 g/mol. The van der Waals surface area contributed by atoms with Crippen LogP contribution >= 0.6 is 0 Å². The zero-order chi connectivity index (χ0) is 12.7. The number of rotatable bonds is 2. The molecule has 6 heteroatoms. The molecule has 1 aliphatic heterocycles. The Labute approximate surface area is 101 Å². The van der Waals surface area contributed by atoms with Crippen LogP contribution < -0.4 is 19.8 Å². The van der Waals surface area contributed by atoms with Crippen molar-refractivity contribution in [3.63, 3.8) is 0 Å². The molecule has 0 saturated carbocycles. The van der Waals surface area contributed by atoms with Gasteiger partial charge in [-0.15, -0.1) is 0 Å². The number of carbonyl (C=O) groups excluding carboxylic acids is 1. The second kappa shape index (κ2) is 3.76. The number of hydrogen-bond acceptors (Lipinski definition) is 5. The van der Waals surface area contributed by atoms with Crippen molar-refractivity contribution in [1.29, 1.82) is 0 Å². The van der Waals surface area contributed by atoms with Crippen LogP contribution in [0.15, 0.2) is 17.1 Å². The van der Waals surface area contributed by atoms with E-state index in [0.717, 1.165) is 0 Å². The monoisotopic (exact) mass is 247 g/mol. The second-order valence-electron chi connectivity index (χ2n) is 3.76. The summed E-state index contributed by atoms with van der Waals surface area (Å²) in [6, 6.07) is 1.61. The van der Waals surface area contributed by atoms with Crippen molar-refractivity contribution in [2.45, 2.75) is 0 Å². The highest BCUT2D eigenvalue weighted by atomic mass is 16.7. The molecule has 0 fully saturated rings. The molecule has 6 nitrogen and oxygen atoms in total. The summed E-state index contributed by atoms with van der Waals surface area (Å²) >= 11 is 0. The van der Waals surface area contributed by atoms with Gasteiger partial charge in [-0.3, -0.25) is 9.59 Å². The molecule has 0 atom stereocenters. The fourth-order valence-corrected chi connectivity index (χ4v) is 2.05. The Morgan fingerprint density at radius 1 is 1.44 bits per heavy atom. The van der Waals surface area contributed by atoms with Crippen molar-refractivity contribution < 1.29 is 19.0 Å². The highest BCUT2D eigenvalue weighted by molar-refractivity contribution is 6.02. The lowest BCUT2D eigenvalue weighted by molar-refractivity contribution is 0.112. The van der Waals surface area contributed by atoms with Crippen LogP contribution in [0.1, 0.15) is 10.4 Å². The molecular weight excluding hydrogens is 238 g/mol. The summed E-state index contributed by atoms with van der Waals surface area (Å²) < 4.78 is 15.7. The average Bonchev–Trinajstić information content (AvgIpc) is 2.84. The molecule has 1 aromatic heterocycles. The lowest BCUT2D eigenvalue weighted by atomic mass is 10.1. The van der Waals surface area contributed by atoms with Crippen LogP contribution in [0, 0.1) is 0 Å². The van der Waals surface area contributed by atoms with Crippen molar-refractivity contribution in [3.8, 4) is 17.2 Å². The van der Waals surface area contributed by atoms with Gasteiger partial charge in [-0.25, -0.2) is 0 Å². The normalized spacial score (nSPS) is 12.7. The van der Waals surface area contributed by atoms with Gasteiger partial charge in [0.1, 0.15) is 0 Å². The van der Waals surface area contributed by atoms with E-state index in [4.69, 9.17) is 14.2 Å². The summed E-state index contributed by atoms with van der Waals surface area (Å²) in [6.07, 6.45) is 2.03. The molecule has 0 radical (unpaired) electrons. The molecule has 0 amide bonds. The van der Waals surface area contributed by atoms with Crippen LogP contribution in [0.2, 0.25) is 0 Å². The summed E-state index contributed by atoms with van der Waals surface area (Å²) in [5.74, 6) is 1.14. The molecule has 0 unspecified atom stereocenters. The fraction of sp³-hybridized carbons (Fsp3) is 0.167. The molecule has 0 spiro atoms. The van der Waals surface area contributed by atoms with Crippen LogP contribution in [0.3, 0.4) is 0 Å². The minimum Gasteiger partial charge on any atom is -0.492 e. The predicted molar refractivity (Wildman–Crippen MR) is 62.6 cm³/mol. The number of pyridine rings is 1. The van der Waals surface area contributed by atoms with E-state index in [9.17, 15) is 9.59 Å². The van der Waals surface area contributed by atoms with Gasteiger partial charge in [0, 0.05) is 17.1 Å². The predicted octanol–water partition coefficient (Wildman–Crippen LogP) is 1.08. The van der Waals surface area contributed by atoms with Crippen molar-refractivity contribution in [2.75, 3.05) is 13.9 Å². The third-order valence-corrected chi connectivity index (χ3v) is 2.85. The number of aromatic amines is 1. The maximum Gasteiger partial charge on any atom is 0.259 e. The fourth-order valence-electron chi connectivity index (χ4n) is 2.05. The Balaban J connectivity index is 2.53. The van der Waals surface area contributed by atoms with Gasteiger partial charge in [-0.1, -0.05) is 0 Å². The Hall–Kier alpha value is -2.50. The van der Waals surface area contributed by atoms with E-state index in [1.807, 2.05) is 0 Å². The molecule has 1 N–H and O–H groups in total. The number of methoxy groups -OCH3 is 1. The van der Waals surface area contributed by atoms with Gasteiger partial charge in [0.05, 0.1) is 12.5 Å². The van der Waals surface area contributed by atoms with Gasteiger partial charge >= 0.3 is 0 Å². The molecule has 0 aliphatic carbocycles. The maximum atomic E-state index is 11.9. The first-order valence-electron chi connectivity index (χ1n) is 5.23. The van der Waals surface area contributed by atoms with Crippen molar-refractivity contribution in [3.05, 3.63) is 28.2 Å². The van der Waals surface area contributed by atoms with Crippen LogP contribution in [0.4, 0.5) is 0 Å². The van der Waals surface area contributed by atoms with Gasteiger partial charge < -0.3 is 19.2 Å². The molecule has 2 heterocycles. The number of hydrogen-bond donors (Lipinski definition) is 1. The molecular formula is C12H9NO5. The molecule has 3 rings (SSSR count). The van der Waals surface area contributed by atoms with Crippen LogP contribution in [-0.4, -0.2) is 25.2 Å². The molecule has 1 aliphatic rings. The summed E-state index contributed by atoms with van der Waals surface area (Å²) in [6.45, 7) is 0.0658. The van der Waals surface area contributed by atoms with Crippen LogP contribution in [0.25, 0.3) is 10.8 Å². The Morgan fingerprint density at radius 3 is 3.00 bits per heavy atom. The molecule has 1 aromatic carbocycles. The number of H-pyrrole nitrogens is 1. The number of benzene rings is 1. The summed E-state index contributed by atoms with van der Waals surface area (Å²) in [5.41, 5.74) is 0.0203. The smallest absolute Gasteiger partial charge is 0.259 e. The van der Waals surface area contributed by atoms with E-state index in [-0.39, 0.29) is 23.5 Å². The minimum absolute atomic E-state index is 0.0658. The molecule has 2 aromatic rings. The first kappa shape index (κ1) is 10.6. The quantitative estimate of drug-likeness (QED) is 0.803. The van der Waals surface area contributed by atoms with Gasteiger partial charge in [0.2, 0.25) is 12.5 Å². The van der Waals surface area contributed by atoms with E-state index >= 15 is 0 Å². The Kier molecular flexibility index (Phi) is 2.22. The number of aldehydes is 1. The van der Waals surface area contributed by atoms with Gasteiger partial charge in [0.15, 0.2) is 17.8 Å². The number of fused-ring (bicyclic) bond motifs is 2. The topological polar surface area (TPSA) is 77.6 Å². The third-order valence-electron chi connectivity index (χ3n) is 2.85. The number of ether oxygens (including phenoxy) is 3. The summed E-state index contributed by atoms with van der Waals surface area (Å²) in [5, 5.41) is 0.765. The number of aromatic nitrogens is 1. The molecule has 92 valence electrons. The maximum absolute atomic E-state index is 11.9. The summed E-state index contributed by atoms with van der Waals surface area (Å²) in [4.78, 5) is 25.4. The molecule has 0 saturated heterocycles. The highest BCUT2D eigenvalue weighted by Crippen LogP contribution is 2.45. The first-order chi connectivity index (χ1) is 8.76. The summed E-state index contributed by atoms with van der Waals surface area (Å²) in [7, 11) is 1.43. The number of carbonyl (C=O) groups is 1. The lowest BCUT2D eigenvalue weighted by Crippen LogP contribution is -2.08. The lowest BCUT2D eigenvalue weighted by Gasteiger charge is -2.09. The second-order valence-corrected chi connectivity index (χ2v) is 3.76. The van der Waals surface area contributed by atoms with Crippen LogP contribution in [0.5, 0.6) is 17.2 Å². The van der Waals surface area contributed by atoms with E-state index < -0.39 is 0 Å². The van der Waals surface area contributed by atoms with Crippen LogP contribution in [-0.2, 0) is 0 Å². The molecule has 0 bridgehead atoms. The highest BCUT2D eigenvalue weighted by Gasteiger charge is 2.24. The van der Waals surface area contributed by atoms with E-state index in [2.05, 4.69) is 4.98 Å². The van der Waals surface area contributed by atoms with Gasteiger partial charge in [0.25, 0.3) is 5.56 Å². The zero-order valence-electron chi connectivity index (χ0n) is 9.48. The SMILES string of the molecule is COc1c2c(cc3c(C=O)c[nH]c(=O)c13)OCO2. The largest absolute Gasteiger partial charge is 0.492 e. The Morgan fingerprint density at radius 2 is 2.28 bits per heavy atom. The zero-order valence-corrected chi connectivity index (χ0v) is 9.48. The van der Waals surface area contributed by atoms with E-state index in [1.165, 1.54) is 13.3 Å². The van der Waals surface area contributed by atoms with Crippen molar-refractivity contribution in [2.24, 2.45) is 0 Å². The van der Waals surface area contributed by atoms with Gasteiger partial charge in [-0.05, 0) is 6.07 Å². The third kappa shape index (κ3) is 1.29. The minimum atomic E-state index is -0.342. The van der Waals surface area contributed by atoms with Crippen molar-refractivity contribution in [1.82, 2.24) is 4.98 Å². The standard InChI is InChI=1S/C12H9NO5/c1-16-11-9-7(2-8-10(11)18-5-17-8)6(4-14)3-13-12(9)15/h2-4H,5H2,1H3,(H,13,15). The number of nitrogens with one attached hydrogen (secondary N) is 1. The van der Waals surface area contributed by atoms with Crippen molar-refractivity contribution >= 4 is 17.1 Å². The first-order valence-corrected chi connectivity index (χ1v) is 5.23. The van der Waals surface area contributed by atoms with E-state index in [0.29, 0.717) is 28.7 Å². The molecule has 18 heavy (non-hydrogen) atoms. The Bertz CT molecular complexity index is 704.